The molecule has 0 N–H and O–H groups in total. The predicted octanol–water partition coefficient (Wildman–Crippen LogP) is 3.63. The van der Waals surface area contributed by atoms with Crippen LogP contribution < -0.4 is 0 Å². The van der Waals surface area contributed by atoms with Crippen LogP contribution in [0.1, 0.15) is 33.1 Å². The van der Waals surface area contributed by atoms with Crippen LogP contribution in [-0.2, 0) is 9.53 Å². The molecule has 1 unspecified atom stereocenters. The average Bonchev–Trinajstić information content (AvgIpc) is 2.65. The van der Waals surface area contributed by atoms with Crippen LogP contribution in [0.3, 0.4) is 0 Å². The molecule has 0 saturated carbocycles. The van der Waals surface area contributed by atoms with Crippen LogP contribution in [0, 0.1) is 5.92 Å². The summed E-state index contributed by atoms with van der Waals surface area (Å²) in [6.07, 6.45) is 11.6. The van der Waals surface area contributed by atoms with Crippen molar-refractivity contribution in [3.05, 3.63) is 22.0 Å². The van der Waals surface area contributed by atoms with Crippen LogP contribution in [0.15, 0.2) is 22.0 Å². The zero-order valence-corrected chi connectivity index (χ0v) is 12.7. The van der Waals surface area contributed by atoms with Gasteiger partial charge in [-0.25, -0.2) is 0 Å². The van der Waals surface area contributed by atoms with Crippen molar-refractivity contribution in [1.29, 1.82) is 0 Å². The Labute approximate surface area is 112 Å². The van der Waals surface area contributed by atoms with Gasteiger partial charge in [0.15, 0.2) is 5.78 Å². The molecule has 0 radical (unpaired) electrons. The quantitative estimate of drug-likeness (QED) is 0.781. The first kappa shape index (κ1) is 13.9. The molecule has 0 aromatic rings. The molecule has 0 aromatic carbocycles. The lowest BCUT2D eigenvalue weighted by molar-refractivity contribution is -0.128. The van der Waals surface area contributed by atoms with Gasteiger partial charge in [-0.15, -0.1) is 0 Å². The maximum atomic E-state index is 12.6. The molecule has 2 rings (SSSR count). The van der Waals surface area contributed by atoms with Gasteiger partial charge in [-0.2, -0.15) is 10.0 Å². The topological polar surface area (TPSA) is 26.3 Å². The number of carbonyl (C=O) groups excluding carboxylic acids is 1. The Balaban J connectivity index is 2.14. The van der Waals surface area contributed by atoms with Crippen molar-refractivity contribution in [3.8, 4) is 0 Å². The van der Waals surface area contributed by atoms with Gasteiger partial charge in [0.1, 0.15) is 6.10 Å². The van der Waals surface area contributed by atoms with Crippen LogP contribution in [-0.4, -0.2) is 31.0 Å². The Morgan fingerprint density at radius 3 is 2.56 bits per heavy atom. The summed E-state index contributed by atoms with van der Waals surface area (Å²) in [7, 11) is -1.08. The number of Topliss-reactive ketones (excluding diaryl/α,β-unsaturated/α-hetero) is 1. The third-order valence-corrected chi connectivity index (χ3v) is 7.04. The number of hydrogen-bond acceptors (Lipinski definition) is 2. The van der Waals surface area contributed by atoms with E-state index in [4.69, 9.17) is 4.74 Å². The molecular weight excluding hydrogens is 244 g/mol. The van der Waals surface area contributed by atoms with Gasteiger partial charge in [0.25, 0.3) is 0 Å². The number of ether oxygens (including phenoxy) is 1. The summed E-state index contributed by atoms with van der Waals surface area (Å²) in [5.74, 6) is 0.755. The highest BCUT2D eigenvalue weighted by Gasteiger charge is 2.36. The van der Waals surface area contributed by atoms with Crippen LogP contribution in [0.2, 0.25) is 0 Å². The molecule has 1 fully saturated rings. The number of allylic oxidation sites excluding steroid dienone is 3. The molecule has 0 aliphatic carbocycles. The molecule has 0 bridgehead atoms. The van der Waals surface area contributed by atoms with E-state index in [1.54, 1.807) is 0 Å². The Kier molecular flexibility index (Phi) is 4.02. The predicted molar refractivity (Wildman–Crippen MR) is 79.0 cm³/mol. The fourth-order valence-electron chi connectivity index (χ4n) is 2.85. The molecule has 0 spiro atoms. The minimum Gasteiger partial charge on any atom is -0.370 e. The first-order chi connectivity index (χ1) is 8.44. The van der Waals surface area contributed by atoms with Gasteiger partial charge >= 0.3 is 0 Å². The van der Waals surface area contributed by atoms with Gasteiger partial charge in [0, 0.05) is 11.5 Å². The zero-order valence-electron chi connectivity index (χ0n) is 11.9. The van der Waals surface area contributed by atoms with E-state index in [2.05, 4.69) is 32.4 Å². The highest BCUT2D eigenvalue weighted by atomic mass is 32.3. The van der Waals surface area contributed by atoms with E-state index in [0.717, 1.165) is 30.8 Å². The molecule has 102 valence electrons. The fourth-order valence-corrected chi connectivity index (χ4v) is 5.73. The molecule has 2 aliphatic rings. The summed E-state index contributed by atoms with van der Waals surface area (Å²) in [6, 6.07) is 0. The molecular formula is C15H24O2S. The van der Waals surface area contributed by atoms with Crippen molar-refractivity contribution in [2.24, 2.45) is 5.92 Å². The molecule has 3 heteroatoms. The Hall–Kier alpha value is -0.540. The van der Waals surface area contributed by atoms with E-state index in [0.29, 0.717) is 5.92 Å². The zero-order chi connectivity index (χ0) is 13.3. The van der Waals surface area contributed by atoms with E-state index in [9.17, 15) is 4.79 Å². The van der Waals surface area contributed by atoms with Crippen LogP contribution in [0.4, 0.5) is 0 Å². The lowest BCUT2D eigenvalue weighted by Gasteiger charge is -2.36. The second kappa shape index (κ2) is 5.22. The van der Waals surface area contributed by atoms with Crippen LogP contribution in [0.25, 0.3) is 0 Å². The molecule has 0 amide bonds. The van der Waals surface area contributed by atoms with Gasteiger partial charge in [-0.1, -0.05) is 19.9 Å². The summed E-state index contributed by atoms with van der Waals surface area (Å²) < 4.78 is 5.64. The number of rotatable bonds is 3. The van der Waals surface area contributed by atoms with E-state index >= 15 is 0 Å². The monoisotopic (exact) mass is 268 g/mol. The van der Waals surface area contributed by atoms with Gasteiger partial charge in [-0.3, -0.25) is 4.79 Å². The highest BCUT2D eigenvalue weighted by molar-refractivity contribution is 8.39. The van der Waals surface area contributed by atoms with Crippen LogP contribution >= 0.6 is 10.0 Å². The van der Waals surface area contributed by atoms with E-state index in [1.165, 1.54) is 4.91 Å². The third kappa shape index (κ3) is 2.43. The molecule has 2 aliphatic heterocycles. The smallest absolute Gasteiger partial charge is 0.196 e. The van der Waals surface area contributed by atoms with Gasteiger partial charge < -0.3 is 4.74 Å². The molecule has 2 heterocycles. The largest absolute Gasteiger partial charge is 0.370 e. The summed E-state index contributed by atoms with van der Waals surface area (Å²) in [5, 5.41) is 0. The van der Waals surface area contributed by atoms with Gasteiger partial charge in [0.05, 0.1) is 0 Å². The van der Waals surface area contributed by atoms with Crippen molar-refractivity contribution in [2.45, 2.75) is 39.2 Å². The number of ketones is 1. The summed E-state index contributed by atoms with van der Waals surface area (Å²) in [6.45, 7) is 5.15. The minimum absolute atomic E-state index is 0.184. The second-order valence-electron chi connectivity index (χ2n) is 5.80. The number of carbonyl (C=O) groups is 1. The lowest BCUT2D eigenvalue weighted by atomic mass is 10.0. The van der Waals surface area contributed by atoms with Crippen molar-refractivity contribution < 1.29 is 9.53 Å². The van der Waals surface area contributed by atoms with E-state index in [1.807, 2.05) is 6.08 Å². The molecule has 0 aromatic heterocycles. The summed E-state index contributed by atoms with van der Waals surface area (Å²) in [5.41, 5.74) is 0. The molecule has 18 heavy (non-hydrogen) atoms. The van der Waals surface area contributed by atoms with Gasteiger partial charge in [-0.05, 0) is 48.7 Å². The van der Waals surface area contributed by atoms with E-state index in [-0.39, 0.29) is 11.9 Å². The SMILES string of the molecule is CC(C)C1=CC=C(C(=O)C2CCCCO2)S1(C)C. The Bertz CT molecular complexity index is 399. The average molecular weight is 268 g/mol. The standard InChI is InChI=1S/C15H24O2S/c1-11(2)13-8-9-14(18(13,3)4)15(16)12-7-5-6-10-17-12/h8-9,11-12H,5-7,10H2,1-4H3. The first-order valence-corrected chi connectivity index (χ1v) is 9.20. The Morgan fingerprint density at radius 2 is 2.06 bits per heavy atom. The molecule has 1 atom stereocenters. The van der Waals surface area contributed by atoms with Crippen molar-refractivity contribution in [2.75, 3.05) is 19.1 Å². The molecule has 1 saturated heterocycles. The highest BCUT2D eigenvalue weighted by Crippen LogP contribution is 2.62. The lowest BCUT2D eigenvalue weighted by Crippen LogP contribution is -2.30. The van der Waals surface area contributed by atoms with Crippen molar-refractivity contribution >= 4 is 15.8 Å². The first-order valence-electron chi connectivity index (χ1n) is 6.75. The summed E-state index contributed by atoms with van der Waals surface area (Å²) in [4.78, 5) is 15.0. The number of hydrogen-bond donors (Lipinski definition) is 0. The van der Waals surface area contributed by atoms with Gasteiger partial charge in [0.2, 0.25) is 0 Å². The van der Waals surface area contributed by atoms with Crippen LogP contribution in [0.5, 0.6) is 0 Å². The van der Waals surface area contributed by atoms with Crippen molar-refractivity contribution in [3.63, 3.8) is 0 Å². The maximum Gasteiger partial charge on any atom is 0.196 e. The summed E-state index contributed by atoms with van der Waals surface area (Å²) >= 11 is 0. The maximum absolute atomic E-state index is 12.6. The van der Waals surface area contributed by atoms with E-state index < -0.39 is 10.0 Å². The minimum atomic E-state index is -1.08. The third-order valence-electron chi connectivity index (χ3n) is 3.82. The normalized spacial score (nSPS) is 28.8. The molecule has 2 nitrogen and oxygen atoms in total. The van der Waals surface area contributed by atoms with Crippen molar-refractivity contribution in [1.82, 2.24) is 0 Å². The fraction of sp³-hybridized carbons (Fsp3) is 0.667. The second-order valence-corrected chi connectivity index (χ2v) is 9.37. The Morgan fingerprint density at radius 1 is 1.33 bits per heavy atom.